The standard InChI is InChI=1S/C31H31N3O6S/c1-18-9-11-23(13-20(18)3)32-29(36)17-40-25-12-10-22(14-26(25)39-5)15-27-30(37)34(31(38)41-27)16-28(35)33-24-8-6-7-19(2)21(24)4/h6-15H,16-17H2,1-5H3,(H,32,36)(H,33,35)/b27-15+. The van der Waals surface area contributed by atoms with Gasteiger partial charge in [-0.1, -0.05) is 24.3 Å². The molecule has 0 bridgehead atoms. The maximum absolute atomic E-state index is 13.0. The van der Waals surface area contributed by atoms with Crippen molar-refractivity contribution in [2.24, 2.45) is 0 Å². The lowest BCUT2D eigenvalue weighted by molar-refractivity contribution is -0.127. The predicted octanol–water partition coefficient (Wildman–Crippen LogP) is 5.62. The Kier molecular flexibility index (Phi) is 9.14. The van der Waals surface area contributed by atoms with Crippen molar-refractivity contribution >= 4 is 52.2 Å². The molecule has 1 heterocycles. The van der Waals surface area contributed by atoms with E-state index in [1.54, 1.807) is 30.3 Å². The first-order valence-electron chi connectivity index (χ1n) is 12.8. The smallest absolute Gasteiger partial charge is 0.294 e. The number of methoxy groups -OCH3 is 1. The zero-order valence-electron chi connectivity index (χ0n) is 23.5. The van der Waals surface area contributed by atoms with Crippen molar-refractivity contribution < 1.29 is 28.7 Å². The quantitative estimate of drug-likeness (QED) is 0.319. The minimum Gasteiger partial charge on any atom is -0.493 e. The number of aryl methyl sites for hydroxylation is 3. The van der Waals surface area contributed by atoms with Crippen LogP contribution >= 0.6 is 11.8 Å². The van der Waals surface area contributed by atoms with Gasteiger partial charge in [-0.15, -0.1) is 0 Å². The third kappa shape index (κ3) is 7.15. The molecule has 4 amide bonds. The van der Waals surface area contributed by atoms with E-state index in [0.29, 0.717) is 28.4 Å². The van der Waals surface area contributed by atoms with Crippen LogP contribution in [0.4, 0.5) is 16.2 Å². The number of hydrogen-bond acceptors (Lipinski definition) is 7. The van der Waals surface area contributed by atoms with Gasteiger partial charge in [0.2, 0.25) is 5.91 Å². The van der Waals surface area contributed by atoms with E-state index in [0.717, 1.165) is 38.9 Å². The van der Waals surface area contributed by atoms with Crippen LogP contribution in [0.15, 0.2) is 59.5 Å². The zero-order chi connectivity index (χ0) is 29.7. The topological polar surface area (TPSA) is 114 Å². The van der Waals surface area contributed by atoms with Crippen molar-refractivity contribution in [1.82, 2.24) is 4.90 Å². The van der Waals surface area contributed by atoms with Gasteiger partial charge in [0, 0.05) is 11.4 Å². The molecular formula is C31H31N3O6S. The molecule has 0 aliphatic carbocycles. The summed E-state index contributed by atoms with van der Waals surface area (Å²) in [6.45, 7) is 7.17. The van der Waals surface area contributed by atoms with Gasteiger partial charge in [0.25, 0.3) is 17.1 Å². The zero-order valence-corrected chi connectivity index (χ0v) is 24.3. The first-order valence-corrected chi connectivity index (χ1v) is 13.7. The molecular weight excluding hydrogens is 542 g/mol. The second-order valence-corrected chi connectivity index (χ2v) is 10.6. The lowest BCUT2D eigenvalue weighted by atomic mass is 10.1. The largest absolute Gasteiger partial charge is 0.493 e. The Bertz CT molecular complexity index is 1570. The molecule has 3 aromatic carbocycles. The summed E-state index contributed by atoms with van der Waals surface area (Å²) in [6.07, 6.45) is 1.55. The highest BCUT2D eigenvalue weighted by Crippen LogP contribution is 2.34. The van der Waals surface area contributed by atoms with Gasteiger partial charge in [-0.25, -0.2) is 0 Å². The number of benzene rings is 3. The van der Waals surface area contributed by atoms with Crippen molar-refractivity contribution in [1.29, 1.82) is 0 Å². The summed E-state index contributed by atoms with van der Waals surface area (Å²) in [4.78, 5) is 51.6. The molecule has 1 aliphatic heterocycles. The number of nitrogens with one attached hydrogen (secondary N) is 2. The predicted molar refractivity (Wildman–Crippen MR) is 160 cm³/mol. The molecule has 0 radical (unpaired) electrons. The molecule has 10 heteroatoms. The number of carbonyl (C=O) groups is 4. The molecule has 0 saturated carbocycles. The Morgan fingerprint density at radius 2 is 1.66 bits per heavy atom. The number of carbonyl (C=O) groups excluding carboxylic acids is 4. The Balaban J connectivity index is 1.38. The van der Waals surface area contributed by atoms with Gasteiger partial charge < -0.3 is 20.1 Å². The number of anilines is 2. The molecule has 0 spiro atoms. The van der Waals surface area contributed by atoms with Crippen LogP contribution < -0.4 is 20.1 Å². The maximum atomic E-state index is 13.0. The minimum atomic E-state index is -0.557. The number of imide groups is 1. The second-order valence-electron chi connectivity index (χ2n) is 9.61. The number of nitrogens with zero attached hydrogens (tertiary/aromatic N) is 1. The number of ether oxygens (including phenoxy) is 2. The van der Waals surface area contributed by atoms with E-state index in [1.165, 1.54) is 7.11 Å². The van der Waals surface area contributed by atoms with E-state index in [9.17, 15) is 19.2 Å². The van der Waals surface area contributed by atoms with Crippen molar-refractivity contribution in [3.8, 4) is 11.5 Å². The highest BCUT2D eigenvalue weighted by molar-refractivity contribution is 8.18. The average molecular weight is 574 g/mol. The third-order valence-electron chi connectivity index (χ3n) is 6.69. The molecule has 212 valence electrons. The van der Waals surface area contributed by atoms with Crippen LogP contribution in [-0.2, 0) is 14.4 Å². The number of rotatable bonds is 9. The highest BCUT2D eigenvalue weighted by Gasteiger charge is 2.36. The Labute approximate surface area is 242 Å². The van der Waals surface area contributed by atoms with Crippen LogP contribution in [0.25, 0.3) is 6.08 Å². The van der Waals surface area contributed by atoms with E-state index in [4.69, 9.17) is 9.47 Å². The molecule has 0 unspecified atom stereocenters. The maximum Gasteiger partial charge on any atom is 0.294 e. The summed E-state index contributed by atoms with van der Waals surface area (Å²) in [5, 5.41) is 5.04. The first-order chi connectivity index (χ1) is 19.5. The van der Waals surface area contributed by atoms with Gasteiger partial charge in [-0.05, 0) is 104 Å². The summed E-state index contributed by atoms with van der Waals surface area (Å²) in [7, 11) is 1.46. The molecule has 9 nitrogen and oxygen atoms in total. The minimum absolute atomic E-state index is 0.179. The number of thioether (sulfide) groups is 1. The van der Waals surface area contributed by atoms with Crippen LogP contribution in [0.1, 0.15) is 27.8 Å². The van der Waals surface area contributed by atoms with Crippen LogP contribution in [0.5, 0.6) is 11.5 Å². The fourth-order valence-electron chi connectivity index (χ4n) is 4.06. The number of hydrogen-bond donors (Lipinski definition) is 2. The summed E-state index contributed by atoms with van der Waals surface area (Å²) in [6, 6.07) is 16.1. The summed E-state index contributed by atoms with van der Waals surface area (Å²) < 4.78 is 11.1. The SMILES string of the molecule is COc1cc(/C=C2/SC(=O)N(CC(=O)Nc3cccc(C)c3C)C2=O)ccc1OCC(=O)Nc1ccc(C)c(C)c1. The Hall–Kier alpha value is -4.57. The average Bonchev–Trinajstić information content (AvgIpc) is 3.19. The van der Waals surface area contributed by atoms with Gasteiger partial charge >= 0.3 is 0 Å². The van der Waals surface area contributed by atoms with E-state index in [1.807, 2.05) is 58.0 Å². The molecule has 2 N–H and O–H groups in total. The molecule has 0 aromatic heterocycles. The summed E-state index contributed by atoms with van der Waals surface area (Å²) in [5.74, 6) is -0.652. The first kappa shape index (κ1) is 29.4. The van der Waals surface area contributed by atoms with Gasteiger partial charge in [0.15, 0.2) is 18.1 Å². The van der Waals surface area contributed by atoms with Gasteiger partial charge in [0.1, 0.15) is 6.54 Å². The monoisotopic (exact) mass is 573 g/mol. The summed E-state index contributed by atoms with van der Waals surface area (Å²) >= 11 is 0.759. The lowest BCUT2D eigenvalue weighted by Gasteiger charge is -2.14. The van der Waals surface area contributed by atoms with Crippen LogP contribution in [0, 0.1) is 27.7 Å². The third-order valence-corrected chi connectivity index (χ3v) is 7.60. The van der Waals surface area contributed by atoms with Crippen molar-refractivity contribution in [3.63, 3.8) is 0 Å². The van der Waals surface area contributed by atoms with Crippen molar-refractivity contribution in [2.75, 3.05) is 30.9 Å². The molecule has 0 atom stereocenters. The van der Waals surface area contributed by atoms with E-state index < -0.39 is 23.6 Å². The molecule has 1 aliphatic rings. The second kappa shape index (κ2) is 12.7. The fraction of sp³-hybridized carbons (Fsp3) is 0.226. The fourth-order valence-corrected chi connectivity index (χ4v) is 4.90. The van der Waals surface area contributed by atoms with Gasteiger partial charge in [0.05, 0.1) is 12.0 Å². The van der Waals surface area contributed by atoms with Crippen LogP contribution in [0.3, 0.4) is 0 Å². The molecule has 4 rings (SSSR count). The highest BCUT2D eigenvalue weighted by atomic mass is 32.2. The van der Waals surface area contributed by atoms with Crippen LogP contribution in [0.2, 0.25) is 0 Å². The Morgan fingerprint density at radius 3 is 2.39 bits per heavy atom. The molecule has 1 fully saturated rings. The Morgan fingerprint density at radius 1 is 0.878 bits per heavy atom. The molecule has 41 heavy (non-hydrogen) atoms. The lowest BCUT2D eigenvalue weighted by Crippen LogP contribution is -2.36. The van der Waals surface area contributed by atoms with E-state index in [-0.39, 0.29) is 17.4 Å². The van der Waals surface area contributed by atoms with Crippen molar-refractivity contribution in [2.45, 2.75) is 27.7 Å². The van der Waals surface area contributed by atoms with E-state index in [2.05, 4.69) is 10.6 Å². The van der Waals surface area contributed by atoms with Gasteiger partial charge in [-0.2, -0.15) is 0 Å². The molecule has 1 saturated heterocycles. The van der Waals surface area contributed by atoms with Gasteiger partial charge in [-0.3, -0.25) is 24.1 Å². The number of amides is 4. The normalized spacial score (nSPS) is 13.9. The van der Waals surface area contributed by atoms with Crippen LogP contribution in [-0.4, -0.2) is 48.1 Å². The molecule has 3 aromatic rings. The van der Waals surface area contributed by atoms with Crippen molar-refractivity contribution in [3.05, 3.63) is 87.3 Å². The summed E-state index contributed by atoms with van der Waals surface area (Å²) in [5.41, 5.74) is 6.03. The van der Waals surface area contributed by atoms with E-state index >= 15 is 0 Å².